The molecule has 1 heterocycles. The molecule has 1 atom stereocenters. The molecule has 0 fully saturated rings. The number of aromatic nitrogens is 1. The Kier molecular flexibility index (Phi) is 5.71. The molecule has 0 spiro atoms. The van der Waals surface area contributed by atoms with Crippen molar-refractivity contribution in [2.24, 2.45) is 0 Å². The van der Waals surface area contributed by atoms with Crippen molar-refractivity contribution in [2.45, 2.75) is 17.4 Å². The largest absolute Gasteiger partial charge is 0.480 e. The lowest BCUT2D eigenvalue weighted by Gasteiger charge is -2.15. The number of carboxylic acids is 1. The molecule has 3 rings (SSSR count). The van der Waals surface area contributed by atoms with Crippen LogP contribution in [-0.4, -0.2) is 54.8 Å². The van der Waals surface area contributed by atoms with E-state index >= 15 is 0 Å². The van der Waals surface area contributed by atoms with Crippen LogP contribution in [0.25, 0.3) is 10.9 Å². The Morgan fingerprint density at radius 1 is 1.14 bits per heavy atom. The van der Waals surface area contributed by atoms with E-state index in [0.29, 0.717) is 0 Å². The van der Waals surface area contributed by atoms with Gasteiger partial charge in [-0.15, -0.1) is 0 Å². The van der Waals surface area contributed by atoms with Gasteiger partial charge in [0.15, 0.2) is 0 Å². The van der Waals surface area contributed by atoms with Gasteiger partial charge in [-0.2, -0.15) is 0 Å². The molecular formula is C20H21N3O5S. The number of aromatic amines is 1. The van der Waals surface area contributed by atoms with Crippen LogP contribution in [0.4, 0.5) is 0 Å². The zero-order chi connectivity index (χ0) is 21.2. The van der Waals surface area contributed by atoms with Crippen LogP contribution in [-0.2, 0) is 21.2 Å². The van der Waals surface area contributed by atoms with Gasteiger partial charge in [0.05, 0.1) is 4.90 Å². The summed E-state index contributed by atoms with van der Waals surface area (Å²) in [4.78, 5) is 27.4. The minimum absolute atomic E-state index is 0.0429. The molecule has 0 aliphatic rings. The number of hydrogen-bond donors (Lipinski definition) is 3. The number of rotatable bonds is 7. The predicted octanol–water partition coefficient (Wildman–Crippen LogP) is 1.84. The third kappa shape index (κ3) is 4.30. The average molecular weight is 415 g/mol. The van der Waals surface area contributed by atoms with Gasteiger partial charge in [0, 0.05) is 43.2 Å². The fourth-order valence-electron chi connectivity index (χ4n) is 2.97. The summed E-state index contributed by atoms with van der Waals surface area (Å²) >= 11 is 0. The summed E-state index contributed by atoms with van der Waals surface area (Å²) < 4.78 is 25.6. The molecule has 0 unspecified atom stereocenters. The summed E-state index contributed by atoms with van der Waals surface area (Å²) in [6.07, 6.45) is 1.80. The SMILES string of the molecule is CN(C)S(=O)(=O)c1cccc(C(=O)N[C@H](Cc2c[nH]c3ccccc23)C(=O)O)c1. The number of benzene rings is 2. The first-order valence-corrected chi connectivity index (χ1v) is 10.3. The number of nitrogens with one attached hydrogen (secondary N) is 2. The lowest BCUT2D eigenvalue weighted by Crippen LogP contribution is -2.42. The number of H-pyrrole nitrogens is 1. The van der Waals surface area contributed by atoms with Crippen LogP contribution >= 0.6 is 0 Å². The van der Waals surface area contributed by atoms with Gasteiger partial charge in [-0.25, -0.2) is 17.5 Å². The quantitative estimate of drug-likeness (QED) is 0.544. The first kappa shape index (κ1) is 20.6. The number of para-hydroxylation sites is 1. The van der Waals surface area contributed by atoms with Crippen LogP contribution in [0, 0.1) is 0 Å². The van der Waals surface area contributed by atoms with Gasteiger partial charge in [0.2, 0.25) is 10.0 Å². The minimum atomic E-state index is -3.71. The number of carboxylic acid groups (broad SMARTS) is 1. The molecule has 29 heavy (non-hydrogen) atoms. The van der Waals surface area contributed by atoms with Crippen LogP contribution in [0.1, 0.15) is 15.9 Å². The Bertz CT molecular complexity index is 1170. The van der Waals surface area contributed by atoms with Crippen LogP contribution in [0.2, 0.25) is 0 Å². The molecule has 8 nitrogen and oxygen atoms in total. The number of sulfonamides is 1. The van der Waals surface area contributed by atoms with Gasteiger partial charge in [0.1, 0.15) is 6.04 Å². The molecule has 2 aromatic carbocycles. The molecule has 0 saturated heterocycles. The van der Waals surface area contributed by atoms with Gasteiger partial charge >= 0.3 is 5.97 Å². The standard InChI is InChI=1S/C20H21N3O5S/c1-23(2)29(27,28)15-7-5-6-13(10-15)19(24)22-18(20(25)26)11-14-12-21-17-9-4-3-8-16(14)17/h3-10,12,18,21H,11H2,1-2H3,(H,22,24)(H,25,26)/t18-/m1/s1. The van der Waals surface area contributed by atoms with E-state index in [1.165, 1.54) is 38.4 Å². The Balaban J connectivity index is 1.83. The van der Waals surface area contributed by atoms with Gasteiger partial charge in [0.25, 0.3) is 5.91 Å². The van der Waals surface area contributed by atoms with Crippen molar-refractivity contribution in [1.29, 1.82) is 0 Å². The fraction of sp³-hybridized carbons (Fsp3) is 0.200. The van der Waals surface area contributed by atoms with Gasteiger partial charge in [-0.1, -0.05) is 24.3 Å². The maximum absolute atomic E-state index is 12.6. The highest BCUT2D eigenvalue weighted by atomic mass is 32.2. The lowest BCUT2D eigenvalue weighted by atomic mass is 10.0. The Hall–Kier alpha value is -3.17. The molecule has 3 N–H and O–H groups in total. The number of aliphatic carboxylic acids is 1. The Morgan fingerprint density at radius 2 is 1.86 bits per heavy atom. The summed E-state index contributed by atoms with van der Waals surface area (Å²) in [5, 5.41) is 12.9. The van der Waals surface area contributed by atoms with Gasteiger partial charge < -0.3 is 15.4 Å². The highest BCUT2D eigenvalue weighted by Gasteiger charge is 2.24. The second-order valence-corrected chi connectivity index (χ2v) is 8.90. The third-order valence-electron chi connectivity index (χ3n) is 4.58. The van der Waals surface area contributed by atoms with E-state index in [2.05, 4.69) is 10.3 Å². The average Bonchev–Trinajstić information content (AvgIpc) is 3.10. The van der Waals surface area contributed by atoms with E-state index in [4.69, 9.17) is 0 Å². The maximum Gasteiger partial charge on any atom is 0.326 e. The van der Waals surface area contributed by atoms with Crippen molar-refractivity contribution < 1.29 is 23.1 Å². The minimum Gasteiger partial charge on any atom is -0.480 e. The second kappa shape index (κ2) is 8.06. The van der Waals surface area contributed by atoms with E-state index < -0.39 is 27.9 Å². The third-order valence-corrected chi connectivity index (χ3v) is 6.39. The van der Waals surface area contributed by atoms with Crippen LogP contribution in [0.15, 0.2) is 59.6 Å². The molecule has 3 aromatic rings. The van der Waals surface area contributed by atoms with E-state index in [-0.39, 0.29) is 16.9 Å². The van der Waals surface area contributed by atoms with Crippen molar-refractivity contribution in [3.05, 3.63) is 65.9 Å². The smallest absolute Gasteiger partial charge is 0.326 e. The van der Waals surface area contributed by atoms with E-state index in [1.54, 1.807) is 6.20 Å². The van der Waals surface area contributed by atoms with Crippen molar-refractivity contribution in [1.82, 2.24) is 14.6 Å². The number of carbonyl (C=O) groups is 2. The zero-order valence-electron chi connectivity index (χ0n) is 15.9. The maximum atomic E-state index is 12.6. The van der Waals surface area contributed by atoms with Crippen molar-refractivity contribution >= 4 is 32.8 Å². The molecule has 0 bridgehead atoms. The molecule has 152 valence electrons. The van der Waals surface area contributed by atoms with Gasteiger partial charge in [-0.05, 0) is 29.8 Å². The summed E-state index contributed by atoms with van der Waals surface area (Å²) in [7, 11) is -0.925. The van der Waals surface area contributed by atoms with Crippen molar-refractivity contribution in [2.75, 3.05) is 14.1 Å². The molecule has 0 saturated carbocycles. The summed E-state index contributed by atoms with van der Waals surface area (Å²) in [6, 6.07) is 11.8. The Morgan fingerprint density at radius 3 is 2.55 bits per heavy atom. The number of hydrogen-bond acceptors (Lipinski definition) is 4. The number of nitrogens with zero attached hydrogens (tertiary/aromatic N) is 1. The number of amides is 1. The molecular weight excluding hydrogens is 394 g/mol. The van der Waals surface area contributed by atoms with Crippen molar-refractivity contribution in [3.8, 4) is 0 Å². The summed E-state index contributed by atoms with van der Waals surface area (Å²) in [5.41, 5.74) is 1.70. The van der Waals surface area contributed by atoms with Crippen LogP contribution < -0.4 is 5.32 Å². The fourth-order valence-corrected chi connectivity index (χ4v) is 3.92. The predicted molar refractivity (Wildman–Crippen MR) is 108 cm³/mol. The first-order valence-electron chi connectivity index (χ1n) is 8.81. The normalized spacial score (nSPS) is 12.8. The molecule has 1 aromatic heterocycles. The summed E-state index contributed by atoms with van der Waals surface area (Å²) in [6.45, 7) is 0. The van der Waals surface area contributed by atoms with E-state index in [0.717, 1.165) is 20.8 Å². The highest BCUT2D eigenvalue weighted by molar-refractivity contribution is 7.89. The first-order chi connectivity index (χ1) is 13.7. The van der Waals surface area contributed by atoms with Crippen LogP contribution in [0.3, 0.4) is 0 Å². The van der Waals surface area contributed by atoms with Crippen LogP contribution in [0.5, 0.6) is 0 Å². The number of fused-ring (bicyclic) bond motifs is 1. The summed E-state index contributed by atoms with van der Waals surface area (Å²) in [5.74, 6) is -1.84. The molecule has 0 aliphatic heterocycles. The zero-order valence-corrected chi connectivity index (χ0v) is 16.7. The Labute approximate surface area is 168 Å². The molecule has 9 heteroatoms. The topological polar surface area (TPSA) is 120 Å². The van der Waals surface area contributed by atoms with Crippen molar-refractivity contribution in [3.63, 3.8) is 0 Å². The molecule has 1 amide bonds. The highest BCUT2D eigenvalue weighted by Crippen LogP contribution is 2.20. The lowest BCUT2D eigenvalue weighted by molar-refractivity contribution is -0.139. The van der Waals surface area contributed by atoms with E-state index in [1.807, 2.05) is 24.3 Å². The molecule has 0 aliphatic carbocycles. The molecule has 0 radical (unpaired) electrons. The second-order valence-electron chi connectivity index (χ2n) is 6.74. The monoisotopic (exact) mass is 415 g/mol. The van der Waals surface area contributed by atoms with E-state index in [9.17, 15) is 23.1 Å². The van der Waals surface area contributed by atoms with Gasteiger partial charge in [-0.3, -0.25) is 4.79 Å². The number of carbonyl (C=O) groups excluding carboxylic acids is 1.